The summed E-state index contributed by atoms with van der Waals surface area (Å²) < 4.78 is 11.5. The van der Waals surface area contributed by atoms with E-state index in [-0.39, 0.29) is 6.61 Å². The van der Waals surface area contributed by atoms with E-state index in [4.69, 9.17) is 9.47 Å². The number of methoxy groups -OCH3 is 1. The minimum Gasteiger partial charge on any atom is -0.493 e. The van der Waals surface area contributed by atoms with Gasteiger partial charge in [-0.2, -0.15) is 0 Å². The highest BCUT2D eigenvalue weighted by Crippen LogP contribution is 2.29. The van der Waals surface area contributed by atoms with Crippen LogP contribution < -0.4 is 9.47 Å². The highest BCUT2D eigenvalue weighted by Gasteiger charge is 2.21. The van der Waals surface area contributed by atoms with Crippen LogP contribution in [-0.2, 0) is 6.54 Å². The molecular weight excluding hydrogens is 380 g/mol. The first-order chi connectivity index (χ1) is 14.6. The van der Waals surface area contributed by atoms with Crippen molar-refractivity contribution in [3.63, 3.8) is 0 Å². The fraction of sp³-hybridized carbons (Fsp3) is 0.750. The van der Waals surface area contributed by atoms with E-state index >= 15 is 0 Å². The Bertz CT molecular complexity index is 628. The Morgan fingerprint density at radius 3 is 2.50 bits per heavy atom. The van der Waals surface area contributed by atoms with Crippen molar-refractivity contribution in [2.75, 3.05) is 47.0 Å². The molecule has 30 heavy (non-hydrogen) atoms. The van der Waals surface area contributed by atoms with Crippen LogP contribution in [0.2, 0.25) is 0 Å². The van der Waals surface area contributed by atoms with Gasteiger partial charge in [0.05, 0.1) is 7.11 Å². The van der Waals surface area contributed by atoms with Crippen LogP contribution in [0, 0.1) is 5.92 Å². The smallest absolute Gasteiger partial charge is 0.161 e. The molecule has 2 fully saturated rings. The molecular formula is C24H40N2O4. The van der Waals surface area contributed by atoms with Crippen LogP contribution in [-0.4, -0.2) is 79.2 Å². The van der Waals surface area contributed by atoms with Crippen molar-refractivity contribution < 1.29 is 19.7 Å². The summed E-state index contributed by atoms with van der Waals surface area (Å²) in [5.41, 5.74) is 1.19. The monoisotopic (exact) mass is 420 g/mol. The van der Waals surface area contributed by atoms with Gasteiger partial charge in [-0.15, -0.1) is 0 Å². The van der Waals surface area contributed by atoms with Crippen LogP contribution >= 0.6 is 0 Å². The van der Waals surface area contributed by atoms with Gasteiger partial charge in [0.15, 0.2) is 11.5 Å². The summed E-state index contributed by atoms with van der Waals surface area (Å²) in [4.78, 5) is 4.71. The first-order valence-electron chi connectivity index (χ1n) is 11.6. The van der Waals surface area contributed by atoms with Gasteiger partial charge in [-0.3, -0.25) is 4.90 Å². The van der Waals surface area contributed by atoms with Gasteiger partial charge in [-0.05, 0) is 69.4 Å². The molecule has 1 saturated heterocycles. The Hall–Kier alpha value is -1.34. The molecule has 0 bridgehead atoms. The Balaban J connectivity index is 1.47. The quantitative estimate of drug-likeness (QED) is 0.607. The number of nitrogens with zero attached hydrogens (tertiary/aromatic N) is 2. The van der Waals surface area contributed by atoms with Crippen LogP contribution in [0.1, 0.15) is 50.5 Å². The third-order valence-electron chi connectivity index (χ3n) is 6.73. The zero-order valence-corrected chi connectivity index (χ0v) is 18.8. The van der Waals surface area contributed by atoms with E-state index in [2.05, 4.69) is 22.9 Å². The molecule has 2 N–H and O–H groups in total. The summed E-state index contributed by atoms with van der Waals surface area (Å²) in [6.07, 6.45) is 7.99. The molecule has 1 heterocycles. The van der Waals surface area contributed by atoms with Gasteiger partial charge < -0.3 is 24.6 Å². The molecule has 1 aromatic carbocycles. The zero-order chi connectivity index (χ0) is 21.3. The molecule has 1 aliphatic carbocycles. The average Bonchev–Trinajstić information content (AvgIpc) is 2.79. The van der Waals surface area contributed by atoms with Crippen molar-refractivity contribution in [1.29, 1.82) is 0 Å². The summed E-state index contributed by atoms with van der Waals surface area (Å²) in [6, 6.07) is 6.65. The van der Waals surface area contributed by atoms with Crippen molar-refractivity contribution >= 4 is 0 Å². The molecule has 1 saturated carbocycles. The number of likely N-dealkylation sites (tertiary alicyclic amines) is 1. The van der Waals surface area contributed by atoms with Crippen molar-refractivity contribution in [2.24, 2.45) is 5.92 Å². The molecule has 1 aromatic rings. The number of piperidine rings is 1. The van der Waals surface area contributed by atoms with E-state index in [0.29, 0.717) is 36.6 Å². The Kier molecular flexibility index (Phi) is 9.25. The molecule has 6 nitrogen and oxygen atoms in total. The van der Waals surface area contributed by atoms with Crippen LogP contribution in [0.3, 0.4) is 0 Å². The Labute approximate surface area is 181 Å². The maximum atomic E-state index is 10.5. The summed E-state index contributed by atoms with van der Waals surface area (Å²) in [6.45, 7) is 4.12. The minimum absolute atomic E-state index is 0.265. The number of rotatable bonds is 10. The van der Waals surface area contributed by atoms with Gasteiger partial charge in [-0.25, -0.2) is 0 Å². The van der Waals surface area contributed by atoms with Gasteiger partial charge in [0.1, 0.15) is 12.7 Å². The molecule has 6 heteroatoms. The van der Waals surface area contributed by atoms with E-state index in [1.807, 2.05) is 12.1 Å². The second-order valence-electron chi connectivity index (χ2n) is 9.08. The summed E-state index contributed by atoms with van der Waals surface area (Å²) in [5, 5.41) is 19.8. The Morgan fingerprint density at radius 1 is 1.10 bits per heavy atom. The van der Waals surface area contributed by atoms with E-state index in [0.717, 1.165) is 32.5 Å². The lowest BCUT2D eigenvalue weighted by Crippen LogP contribution is -2.40. The Morgan fingerprint density at radius 2 is 1.83 bits per heavy atom. The van der Waals surface area contributed by atoms with Crippen LogP contribution in [0.5, 0.6) is 11.5 Å². The summed E-state index contributed by atoms with van der Waals surface area (Å²) in [5.74, 6) is 1.85. The molecule has 170 valence electrons. The van der Waals surface area contributed by atoms with Crippen molar-refractivity contribution in [1.82, 2.24) is 9.80 Å². The fourth-order valence-corrected chi connectivity index (χ4v) is 4.76. The van der Waals surface area contributed by atoms with Gasteiger partial charge in [0.2, 0.25) is 0 Å². The molecule has 1 unspecified atom stereocenters. The molecule has 1 aliphatic heterocycles. The van der Waals surface area contributed by atoms with E-state index < -0.39 is 6.10 Å². The first kappa shape index (κ1) is 23.3. The van der Waals surface area contributed by atoms with Gasteiger partial charge in [0.25, 0.3) is 0 Å². The zero-order valence-electron chi connectivity index (χ0n) is 18.8. The standard InChI is InChI=1S/C24H40N2O4/c1-25(21-6-4-3-5-7-21)16-22(28)18-30-23-9-8-20(14-24(23)29-2)15-26-12-10-19(17-27)11-13-26/h8-9,14,19,21-22,27-28H,3-7,10-13,15-18H2,1-2H3. The molecule has 2 aliphatic rings. The lowest BCUT2D eigenvalue weighted by atomic mass is 9.94. The van der Waals surface area contributed by atoms with E-state index in [9.17, 15) is 10.2 Å². The number of benzene rings is 1. The van der Waals surface area contributed by atoms with Crippen LogP contribution in [0.4, 0.5) is 0 Å². The number of aliphatic hydroxyl groups excluding tert-OH is 2. The molecule has 0 spiro atoms. The normalized spacial score (nSPS) is 20.4. The van der Waals surface area contributed by atoms with Crippen molar-refractivity contribution in [3.8, 4) is 11.5 Å². The molecule has 0 radical (unpaired) electrons. The average molecular weight is 421 g/mol. The van der Waals surface area contributed by atoms with Crippen LogP contribution in [0.25, 0.3) is 0 Å². The van der Waals surface area contributed by atoms with E-state index in [1.165, 1.54) is 37.7 Å². The minimum atomic E-state index is -0.519. The predicted octanol–water partition coefficient (Wildman–Crippen LogP) is 2.90. The molecule has 1 atom stereocenters. The van der Waals surface area contributed by atoms with Gasteiger partial charge in [0, 0.05) is 25.7 Å². The number of hydrogen-bond acceptors (Lipinski definition) is 6. The second-order valence-corrected chi connectivity index (χ2v) is 9.08. The van der Waals surface area contributed by atoms with Crippen molar-refractivity contribution in [3.05, 3.63) is 23.8 Å². The molecule has 0 amide bonds. The maximum Gasteiger partial charge on any atom is 0.161 e. The molecule has 0 aromatic heterocycles. The fourth-order valence-electron chi connectivity index (χ4n) is 4.76. The highest BCUT2D eigenvalue weighted by molar-refractivity contribution is 5.43. The van der Waals surface area contributed by atoms with E-state index in [1.54, 1.807) is 7.11 Å². The number of aliphatic hydroxyl groups is 2. The second kappa shape index (κ2) is 11.9. The number of hydrogen-bond donors (Lipinski definition) is 2. The highest BCUT2D eigenvalue weighted by atomic mass is 16.5. The number of ether oxygens (including phenoxy) is 2. The lowest BCUT2D eigenvalue weighted by Gasteiger charge is -2.32. The molecule has 3 rings (SSSR count). The largest absolute Gasteiger partial charge is 0.493 e. The van der Waals surface area contributed by atoms with Gasteiger partial charge in [-0.1, -0.05) is 25.3 Å². The van der Waals surface area contributed by atoms with Crippen LogP contribution in [0.15, 0.2) is 18.2 Å². The topological polar surface area (TPSA) is 65.4 Å². The summed E-state index contributed by atoms with van der Waals surface area (Å²) >= 11 is 0. The predicted molar refractivity (Wildman–Crippen MR) is 119 cm³/mol. The third kappa shape index (κ3) is 6.84. The van der Waals surface area contributed by atoms with Gasteiger partial charge >= 0.3 is 0 Å². The SMILES string of the molecule is COc1cc(CN2CCC(CO)CC2)ccc1OCC(O)CN(C)C1CCCCC1. The maximum absolute atomic E-state index is 10.5. The number of likely N-dealkylation sites (N-methyl/N-ethyl adjacent to an activating group) is 1. The lowest BCUT2D eigenvalue weighted by molar-refractivity contribution is 0.0553. The first-order valence-corrected chi connectivity index (χ1v) is 11.6. The third-order valence-corrected chi connectivity index (χ3v) is 6.73. The van der Waals surface area contributed by atoms with Crippen molar-refractivity contribution in [2.45, 2.75) is 63.6 Å². The summed E-state index contributed by atoms with van der Waals surface area (Å²) in [7, 11) is 3.77.